The van der Waals surface area contributed by atoms with Gasteiger partial charge in [0.2, 0.25) is 0 Å². The maximum absolute atomic E-state index is 12.3. The van der Waals surface area contributed by atoms with Crippen LogP contribution in [0.1, 0.15) is 6.92 Å². The van der Waals surface area contributed by atoms with Crippen LogP contribution in [0.4, 0.5) is 13.2 Å². The molecule has 0 bridgehead atoms. The Kier molecular flexibility index (Phi) is 2.28. The summed E-state index contributed by atoms with van der Waals surface area (Å²) in [6.07, 6.45) is -1.77. The zero-order valence-corrected chi connectivity index (χ0v) is 7.94. The highest BCUT2D eigenvalue weighted by atomic mass is 19.4. The molecular weight excluding hydrogens is 179 g/mol. The van der Waals surface area contributed by atoms with Crippen LogP contribution in [-0.4, -0.2) is 31.3 Å². The molecule has 0 aromatic carbocycles. The van der Waals surface area contributed by atoms with Gasteiger partial charge in [-0.25, -0.2) is 0 Å². The molecule has 1 aliphatic rings. The third kappa shape index (κ3) is 2.59. The molecule has 0 saturated carbocycles. The van der Waals surface area contributed by atoms with Crippen molar-refractivity contribution in [3.8, 4) is 0 Å². The molecule has 0 N–H and O–H groups in total. The van der Waals surface area contributed by atoms with Crippen LogP contribution < -0.4 is 0 Å². The molecule has 74 valence electrons. The molecule has 0 spiro atoms. The summed E-state index contributed by atoms with van der Waals surface area (Å²) in [7, 11) is 3.50. The van der Waals surface area contributed by atoms with E-state index >= 15 is 0 Å². The van der Waals surface area contributed by atoms with Gasteiger partial charge < -0.3 is 0 Å². The fraction of sp³-hybridized carbons (Fsp3) is 0.556. The van der Waals surface area contributed by atoms with Crippen molar-refractivity contribution in [1.29, 1.82) is 0 Å². The Bertz CT molecular complexity index is 271. The van der Waals surface area contributed by atoms with E-state index in [1.165, 1.54) is 12.3 Å². The van der Waals surface area contributed by atoms with Gasteiger partial charge in [0, 0.05) is 0 Å². The number of hydrogen-bond donors (Lipinski definition) is 0. The topological polar surface area (TPSA) is 0 Å². The molecule has 1 rings (SSSR count). The molecule has 13 heavy (non-hydrogen) atoms. The number of quaternary nitrogens is 1. The third-order valence-electron chi connectivity index (χ3n) is 1.87. The van der Waals surface area contributed by atoms with E-state index in [9.17, 15) is 13.2 Å². The van der Waals surface area contributed by atoms with Crippen LogP contribution in [-0.2, 0) is 0 Å². The quantitative estimate of drug-likeness (QED) is 0.517. The van der Waals surface area contributed by atoms with Crippen molar-refractivity contribution in [2.75, 3.05) is 20.6 Å². The fourth-order valence-corrected chi connectivity index (χ4v) is 1.57. The second-order valence-electron chi connectivity index (χ2n) is 4.01. The standard InChI is InChI=1S/C9H13F3N/c1-7-4-8(9(10,11)12)6-13(2,3)5-7/h4,6H,5H2,1-3H3/q+1. The van der Waals surface area contributed by atoms with E-state index in [0.717, 1.165) is 5.57 Å². The Hall–Kier alpha value is -0.770. The summed E-state index contributed by atoms with van der Waals surface area (Å²) in [4.78, 5) is 0. The molecule has 0 radical (unpaired) electrons. The maximum Gasteiger partial charge on any atom is 0.421 e. The molecule has 1 aliphatic heterocycles. The molecule has 0 aliphatic carbocycles. The van der Waals surface area contributed by atoms with E-state index < -0.39 is 11.7 Å². The highest BCUT2D eigenvalue weighted by Gasteiger charge is 2.37. The predicted octanol–water partition coefficient (Wildman–Crippen LogP) is 2.47. The maximum atomic E-state index is 12.3. The van der Waals surface area contributed by atoms with E-state index in [2.05, 4.69) is 0 Å². The minimum Gasteiger partial charge on any atom is -0.298 e. The largest absolute Gasteiger partial charge is 0.421 e. The second kappa shape index (κ2) is 2.87. The van der Waals surface area contributed by atoms with Crippen LogP contribution >= 0.6 is 0 Å². The first kappa shape index (κ1) is 10.3. The van der Waals surface area contributed by atoms with Crippen molar-refractivity contribution in [1.82, 2.24) is 0 Å². The number of alkyl halides is 3. The Morgan fingerprint density at radius 1 is 1.31 bits per heavy atom. The smallest absolute Gasteiger partial charge is 0.298 e. The SMILES string of the molecule is CC1=CC(C(F)(F)F)=C[N+](C)(C)C1. The lowest BCUT2D eigenvalue weighted by molar-refractivity contribution is -0.835. The van der Waals surface area contributed by atoms with Gasteiger partial charge in [0.05, 0.1) is 14.1 Å². The van der Waals surface area contributed by atoms with Crippen molar-refractivity contribution < 1.29 is 17.7 Å². The van der Waals surface area contributed by atoms with E-state index in [0.29, 0.717) is 6.54 Å². The monoisotopic (exact) mass is 192 g/mol. The summed E-state index contributed by atoms with van der Waals surface area (Å²) in [5.41, 5.74) is 0.223. The van der Waals surface area contributed by atoms with Gasteiger partial charge in [-0.05, 0) is 18.6 Å². The first-order valence-corrected chi connectivity index (χ1v) is 4.01. The van der Waals surface area contributed by atoms with E-state index in [-0.39, 0.29) is 4.48 Å². The molecule has 0 amide bonds. The summed E-state index contributed by atoms with van der Waals surface area (Å²) in [6, 6.07) is 0. The Labute approximate surface area is 75.7 Å². The van der Waals surface area contributed by atoms with Crippen LogP contribution in [0.5, 0.6) is 0 Å². The highest BCUT2D eigenvalue weighted by Crippen LogP contribution is 2.31. The zero-order chi connectivity index (χ0) is 10.3. The number of halogens is 3. The van der Waals surface area contributed by atoms with Gasteiger partial charge in [-0.1, -0.05) is 0 Å². The van der Waals surface area contributed by atoms with Crippen molar-refractivity contribution in [3.05, 3.63) is 23.4 Å². The van der Waals surface area contributed by atoms with Crippen LogP contribution in [0.3, 0.4) is 0 Å². The lowest BCUT2D eigenvalue weighted by Gasteiger charge is -2.30. The molecule has 1 heterocycles. The molecule has 0 saturated heterocycles. The van der Waals surface area contributed by atoms with Crippen LogP contribution in [0.15, 0.2) is 23.4 Å². The summed E-state index contributed by atoms with van der Waals surface area (Å²) < 4.78 is 37.3. The van der Waals surface area contributed by atoms with E-state index in [1.54, 1.807) is 21.0 Å². The lowest BCUT2D eigenvalue weighted by Crippen LogP contribution is -2.38. The van der Waals surface area contributed by atoms with E-state index in [1.807, 2.05) is 0 Å². The summed E-state index contributed by atoms with van der Waals surface area (Å²) >= 11 is 0. The number of nitrogens with zero attached hydrogens (tertiary/aromatic N) is 1. The molecule has 0 fully saturated rings. The average Bonchev–Trinajstić information content (AvgIpc) is 1.79. The summed E-state index contributed by atoms with van der Waals surface area (Å²) in [6.45, 7) is 2.36. The molecular formula is C9H13F3N+. The number of hydrogen-bond acceptors (Lipinski definition) is 0. The fourth-order valence-electron chi connectivity index (χ4n) is 1.57. The number of rotatable bonds is 0. The summed E-state index contributed by atoms with van der Waals surface area (Å²) in [5, 5.41) is 0. The van der Waals surface area contributed by atoms with Gasteiger partial charge in [0.25, 0.3) is 0 Å². The zero-order valence-electron chi connectivity index (χ0n) is 7.94. The second-order valence-corrected chi connectivity index (χ2v) is 4.01. The third-order valence-corrected chi connectivity index (χ3v) is 1.87. The average molecular weight is 192 g/mol. The van der Waals surface area contributed by atoms with Crippen molar-refractivity contribution in [2.45, 2.75) is 13.1 Å². The summed E-state index contributed by atoms with van der Waals surface area (Å²) in [5.74, 6) is 0. The van der Waals surface area contributed by atoms with Crippen LogP contribution in [0, 0.1) is 0 Å². The Balaban J connectivity index is 3.04. The molecule has 0 atom stereocenters. The molecule has 4 heteroatoms. The normalized spacial score (nSPS) is 22.3. The highest BCUT2D eigenvalue weighted by molar-refractivity contribution is 5.28. The van der Waals surface area contributed by atoms with Gasteiger partial charge in [0.15, 0.2) is 0 Å². The Morgan fingerprint density at radius 3 is 2.23 bits per heavy atom. The van der Waals surface area contributed by atoms with Gasteiger partial charge in [-0.3, -0.25) is 4.48 Å². The van der Waals surface area contributed by atoms with Gasteiger partial charge in [-0.15, -0.1) is 0 Å². The minimum atomic E-state index is -4.23. The van der Waals surface area contributed by atoms with Gasteiger partial charge in [0.1, 0.15) is 18.3 Å². The Morgan fingerprint density at radius 2 is 1.85 bits per heavy atom. The van der Waals surface area contributed by atoms with Crippen molar-refractivity contribution in [3.63, 3.8) is 0 Å². The van der Waals surface area contributed by atoms with Gasteiger partial charge in [-0.2, -0.15) is 13.2 Å². The first-order chi connectivity index (χ1) is 5.71. The van der Waals surface area contributed by atoms with Crippen LogP contribution in [0.2, 0.25) is 0 Å². The molecule has 0 aromatic rings. The number of likely N-dealkylation sites (N-methyl/N-ethyl adjacent to an activating group) is 1. The number of allylic oxidation sites excluding steroid dienone is 2. The molecule has 1 nitrogen and oxygen atoms in total. The van der Waals surface area contributed by atoms with Crippen molar-refractivity contribution >= 4 is 0 Å². The predicted molar refractivity (Wildman–Crippen MR) is 44.9 cm³/mol. The van der Waals surface area contributed by atoms with Crippen molar-refractivity contribution in [2.24, 2.45) is 0 Å². The first-order valence-electron chi connectivity index (χ1n) is 4.01. The molecule has 0 aromatic heterocycles. The molecule has 0 unspecified atom stereocenters. The van der Waals surface area contributed by atoms with Crippen LogP contribution in [0.25, 0.3) is 0 Å². The minimum absolute atomic E-state index is 0.261. The lowest BCUT2D eigenvalue weighted by atomic mass is 10.1. The van der Waals surface area contributed by atoms with E-state index in [4.69, 9.17) is 0 Å². The van der Waals surface area contributed by atoms with Gasteiger partial charge >= 0.3 is 6.18 Å².